The second-order valence-corrected chi connectivity index (χ2v) is 8.15. The van der Waals surface area contributed by atoms with Crippen LogP contribution in [0.1, 0.15) is 26.0 Å². The van der Waals surface area contributed by atoms with Crippen molar-refractivity contribution >= 4 is 26.5 Å². The Bertz CT molecular complexity index is 523. The number of nitrogens with two attached hydrogens (primary N) is 1. The first-order valence-electron chi connectivity index (χ1n) is 5.89. The zero-order valence-electron chi connectivity index (χ0n) is 11.7. The fourth-order valence-electron chi connectivity index (χ4n) is 1.47. The van der Waals surface area contributed by atoms with Gasteiger partial charge in [-0.05, 0) is 18.8 Å². The molecule has 1 heterocycles. The topological polar surface area (TPSA) is 94.3 Å². The number of sulfonamides is 1. The number of hydrogen-bond donors (Lipinski definition) is 2. The maximum absolute atomic E-state index is 12.2. The largest absolute Gasteiger partial charge is 0.385 e. The first-order chi connectivity index (χ1) is 8.68. The fraction of sp³-hybridized carbons (Fsp3) is 0.727. The van der Waals surface area contributed by atoms with Crippen LogP contribution in [0, 0.1) is 12.3 Å². The van der Waals surface area contributed by atoms with Crippen molar-refractivity contribution in [3.8, 4) is 0 Å². The molecule has 0 bridgehead atoms. The van der Waals surface area contributed by atoms with Crippen molar-refractivity contribution in [3.05, 3.63) is 5.69 Å². The van der Waals surface area contributed by atoms with Crippen LogP contribution in [0.25, 0.3) is 0 Å². The summed E-state index contributed by atoms with van der Waals surface area (Å²) in [5.74, 6) is 0. The number of nitrogens with zero attached hydrogens (tertiary/aromatic N) is 1. The van der Waals surface area contributed by atoms with E-state index in [-0.39, 0.29) is 14.8 Å². The molecule has 0 aliphatic carbocycles. The van der Waals surface area contributed by atoms with E-state index in [0.717, 1.165) is 17.8 Å². The van der Waals surface area contributed by atoms with E-state index in [1.54, 1.807) is 14.0 Å². The van der Waals surface area contributed by atoms with Crippen molar-refractivity contribution in [2.75, 3.05) is 26.0 Å². The van der Waals surface area contributed by atoms with Crippen LogP contribution in [0.4, 0.5) is 5.13 Å². The van der Waals surface area contributed by atoms with Gasteiger partial charge in [-0.25, -0.2) is 18.1 Å². The number of aromatic nitrogens is 1. The maximum Gasteiger partial charge on any atom is 0.252 e. The van der Waals surface area contributed by atoms with Gasteiger partial charge >= 0.3 is 0 Å². The number of anilines is 1. The van der Waals surface area contributed by atoms with Gasteiger partial charge in [-0.1, -0.05) is 25.2 Å². The molecule has 1 aromatic heterocycles. The smallest absolute Gasteiger partial charge is 0.252 e. The summed E-state index contributed by atoms with van der Waals surface area (Å²) < 4.78 is 32.1. The lowest BCUT2D eigenvalue weighted by atomic mass is 9.90. The molecule has 1 aromatic rings. The van der Waals surface area contributed by atoms with Gasteiger partial charge in [0.2, 0.25) is 0 Å². The zero-order valence-corrected chi connectivity index (χ0v) is 13.3. The Morgan fingerprint density at radius 3 is 2.58 bits per heavy atom. The Labute approximate surface area is 118 Å². The summed E-state index contributed by atoms with van der Waals surface area (Å²) in [7, 11) is -1.91. The molecule has 6 nitrogen and oxygen atoms in total. The van der Waals surface area contributed by atoms with Gasteiger partial charge in [0, 0.05) is 20.3 Å². The highest BCUT2D eigenvalue weighted by atomic mass is 32.2. The van der Waals surface area contributed by atoms with E-state index < -0.39 is 10.0 Å². The van der Waals surface area contributed by atoms with Crippen LogP contribution in [-0.2, 0) is 14.8 Å². The molecule has 0 saturated heterocycles. The van der Waals surface area contributed by atoms with Crippen LogP contribution in [-0.4, -0.2) is 33.7 Å². The van der Waals surface area contributed by atoms with E-state index in [0.29, 0.717) is 18.8 Å². The Hall–Kier alpha value is -0.700. The van der Waals surface area contributed by atoms with Gasteiger partial charge in [0.05, 0.1) is 5.69 Å². The van der Waals surface area contributed by atoms with Gasteiger partial charge in [-0.3, -0.25) is 0 Å². The third kappa shape index (κ3) is 4.72. The quantitative estimate of drug-likeness (QED) is 0.793. The lowest BCUT2D eigenvalue weighted by Crippen LogP contribution is -2.34. The Morgan fingerprint density at radius 2 is 2.11 bits per heavy atom. The van der Waals surface area contributed by atoms with E-state index in [1.165, 1.54) is 0 Å². The Balaban J connectivity index is 2.73. The number of methoxy groups -OCH3 is 1. The number of ether oxygens (including phenoxy) is 1. The molecule has 0 amide bonds. The molecule has 0 atom stereocenters. The molecule has 0 aliphatic heterocycles. The molecule has 0 fully saturated rings. The van der Waals surface area contributed by atoms with E-state index in [9.17, 15) is 8.42 Å². The van der Waals surface area contributed by atoms with Crippen molar-refractivity contribution in [2.24, 2.45) is 5.41 Å². The minimum Gasteiger partial charge on any atom is -0.385 e. The zero-order chi connectivity index (χ0) is 14.7. The van der Waals surface area contributed by atoms with Crippen LogP contribution in [0.2, 0.25) is 0 Å². The van der Waals surface area contributed by atoms with Gasteiger partial charge in [-0.15, -0.1) is 0 Å². The molecule has 19 heavy (non-hydrogen) atoms. The maximum atomic E-state index is 12.2. The molecule has 110 valence electrons. The lowest BCUT2D eigenvalue weighted by Gasteiger charge is -2.24. The molecule has 3 N–H and O–H groups in total. The van der Waals surface area contributed by atoms with Crippen molar-refractivity contribution in [1.82, 2.24) is 9.71 Å². The van der Waals surface area contributed by atoms with Gasteiger partial charge in [0.1, 0.15) is 0 Å². The summed E-state index contributed by atoms with van der Waals surface area (Å²) in [6.07, 6.45) is 0.774. The van der Waals surface area contributed by atoms with Gasteiger partial charge in [-0.2, -0.15) is 0 Å². The summed E-state index contributed by atoms with van der Waals surface area (Å²) in [5.41, 5.74) is 5.78. The summed E-state index contributed by atoms with van der Waals surface area (Å²) >= 11 is 0.981. The Kier molecular flexibility index (Phi) is 5.31. The fourth-order valence-corrected chi connectivity index (χ4v) is 4.06. The van der Waals surface area contributed by atoms with Crippen LogP contribution >= 0.6 is 11.3 Å². The van der Waals surface area contributed by atoms with E-state index in [2.05, 4.69) is 9.71 Å². The number of hydrogen-bond acceptors (Lipinski definition) is 6. The number of nitrogen functional groups attached to an aromatic ring is 1. The SMILES string of the molecule is COCCC(C)(C)CNS(=O)(=O)c1sc(N)nc1C. The third-order valence-electron chi connectivity index (χ3n) is 2.74. The van der Waals surface area contributed by atoms with Crippen molar-refractivity contribution in [3.63, 3.8) is 0 Å². The molecule has 0 aromatic carbocycles. The van der Waals surface area contributed by atoms with E-state index in [1.807, 2.05) is 13.8 Å². The van der Waals surface area contributed by atoms with Crippen LogP contribution < -0.4 is 10.5 Å². The molecule has 0 saturated carbocycles. The minimum atomic E-state index is -3.54. The third-order valence-corrected chi connectivity index (χ3v) is 5.74. The predicted molar refractivity (Wildman–Crippen MR) is 76.7 cm³/mol. The highest BCUT2D eigenvalue weighted by Gasteiger charge is 2.25. The average Bonchev–Trinajstić information content (AvgIpc) is 2.65. The van der Waals surface area contributed by atoms with Gasteiger partial charge in [0.15, 0.2) is 9.34 Å². The van der Waals surface area contributed by atoms with Crippen molar-refractivity contribution in [1.29, 1.82) is 0 Å². The second kappa shape index (κ2) is 6.17. The van der Waals surface area contributed by atoms with E-state index >= 15 is 0 Å². The molecule has 0 unspecified atom stereocenters. The first kappa shape index (κ1) is 16.4. The highest BCUT2D eigenvalue weighted by molar-refractivity contribution is 7.91. The molecule has 1 rings (SSSR count). The molecular formula is C11H21N3O3S2. The van der Waals surface area contributed by atoms with Crippen molar-refractivity contribution in [2.45, 2.75) is 31.4 Å². The summed E-state index contributed by atoms with van der Waals surface area (Å²) in [5, 5.41) is 0.261. The predicted octanol–water partition coefficient (Wildman–Crippen LogP) is 1.37. The summed E-state index contributed by atoms with van der Waals surface area (Å²) in [4.78, 5) is 3.93. The molecular weight excluding hydrogens is 286 g/mol. The van der Waals surface area contributed by atoms with Crippen molar-refractivity contribution < 1.29 is 13.2 Å². The first-order valence-corrected chi connectivity index (χ1v) is 8.19. The van der Waals surface area contributed by atoms with Gasteiger partial charge < -0.3 is 10.5 Å². The van der Waals surface area contributed by atoms with Gasteiger partial charge in [0.25, 0.3) is 10.0 Å². The van der Waals surface area contributed by atoms with Crippen LogP contribution in [0.5, 0.6) is 0 Å². The second-order valence-electron chi connectivity index (χ2n) is 5.16. The summed E-state index contributed by atoms with van der Waals surface area (Å²) in [6.45, 7) is 6.56. The molecule has 8 heteroatoms. The lowest BCUT2D eigenvalue weighted by molar-refractivity contribution is 0.153. The number of thiazole rings is 1. The molecule has 0 aliphatic rings. The number of aryl methyl sites for hydroxylation is 1. The standard InChI is InChI=1S/C11H21N3O3S2/c1-8-9(18-10(12)14-8)19(15,16)13-7-11(2,3)5-6-17-4/h13H,5-7H2,1-4H3,(H2,12,14). The molecule has 0 radical (unpaired) electrons. The normalized spacial score (nSPS) is 12.8. The Morgan fingerprint density at radius 1 is 1.47 bits per heavy atom. The number of rotatable bonds is 7. The average molecular weight is 307 g/mol. The van der Waals surface area contributed by atoms with Crippen LogP contribution in [0.15, 0.2) is 4.21 Å². The monoisotopic (exact) mass is 307 g/mol. The number of nitrogens with one attached hydrogen (secondary N) is 1. The van der Waals surface area contributed by atoms with Crippen LogP contribution in [0.3, 0.4) is 0 Å². The summed E-state index contributed by atoms with van der Waals surface area (Å²) in [6, 6.07) is 0. The molecule has 0 spiro atoms. The van der Waals surface area contributed by atoms with E-state index in [4.69, 9.17) is 10.5 Å². The minimum absolute atomic E-state index is 0.173. The highest BCUT2D eigenvalue weighted by Crippen LogP contribution is 2.26.